The number of hydrogen-bond donors (Lipinski definition) is 0. The van der Waals surface area contributed by atoms with Gasteiger partial charge >= 0.3 is 0 Å². The van der Waals surface area contributed by atoms with Gasteiger partial charge in [-0.3, -0.25) is 0 Å². The lowest BCUT2D eigenvalue weighted by atomic mass is 10.3. The third-order valence-corrected chi connectivity index (χ3v) is 2.47. The van der Waals surface area contributed by atoms with Crippen molar-refractivity contribution in [2.24, 2.45) is 0 Å². The number of hydrogen-bond acceptors (Lipinski definition) is 3. The van der Waals surface area contributed by atoms with Crippen molar-refractivity contribution >= 4 is 21.6 Å². The van der Waals surface area contributed by atoms with Gasteiger partial charge in [0.25, 0.3) is 0 Å². The van der Waals surface area contributed by atoms with E-state index >= 15 is 0 Å². The fourth-order valence-electron chi connectivity index (χ4n) is 0.890. The Morgan fingerprint density at radius 2 is 2.08 bits per heavy atom. The number of thiophene rings is 1. The van der Waals surface area contributed by atoms with Crippen molar-refractivity contribution in [2.75, 3.05) is 0 Å². The fourth-order valence-corrected chi connectivity index (χ4v) is 1.75. The molecule has 0 unspecified atom stereocenters. The summed E-state index contributed by atoms with van der Waals surface area (Å²) < 4.78 is 0. The van der Waals surface area contributed by atoms with Gasteiger partial charge in [0.2, 0.25) is 0 Å². The summed E-state index contributed by atoms with van der Waals surface area (Å²) in [5, 5.41) is 3.27. The maximum atomic E-state index is 4.11. The Bertz CT molecular complexity index is 354. The molecule has 0 aliphatic rings. The van der Waals surface area contributed by atoms with E-state index in [0.29, 0.717) is 0 Å². The van der Waals surface area contributed by atoms with E-state index in [1.165, 1.54) is 10.9 Å². The molecule has 0 spiro atoms. The van der Waals surface area contributed by atoms with Gasteiger partial charge < -0.3 is 0 Å². The highest BCUT2D eigenvalue weighted by molar-refractivity contribution is 7.16. The zero-order valence-corrected chi connectivity index (χ0v) is 8.35. The standard InChI is InChI=1S/C7H6N2S.C2H6/c1-5-3-10-7-6(5)2-8-4-9-7;1-2/h2-4H,1H3;1-2H3. The van der Waals surface area contributed by atoms with Crippen LogP contribution in [0, 0.1) is 6.92 Å². The lowest BCUT2D eigenvalue weighted by Crippen LogP contribution is -1.74. The predicted octanol–water partition coefficient (Wildman–Crippen LogP) is 3.03. The smallest absolute Gasteiger partial charge is 0.126 e. The van der Waals surface area contributed by atoms with Crippen LogP contribution in [0.25, 0.3) is 10.2 Å². The van der Waals surface area contributed by atoms with E-state index in [4.69, 9.17) is 0 Å². The molecule has 0 radical (unpaired) electrons. The highest BCUT2D eigenvalue weighted by Crippen LogP contribution is 2.20. The van der Waals surface area contributed by atoms with Gasteiger partial charge in [-0.1, -0.05) is 13.8 Å². The number of nitrogens with zero attached hydrogens (tertiary/aromatic N) is 2. The maximum absolute atomic E-state index is 4.11. The topological polar surface area (TPSA) is 25.8 Å². The first-order valence-corrected chi connectivity index (χ1v) is 4.90. The van der Waals surface area contributed by atoms with E-state index in [1.54, 1.807) is 17.7 Å². The summed E-state index contributed by atoms with van der Waals surface area (Å²) in [6.07, 6.45) is 3.44. The van der Waals surface area contributed by atoms with Crippen molar-refractivity contribution in [1.29, 1.82) is 0 Å². The summed E-state index contributed by atoms with van der Waals surface area (Å²) in [6, 6.07) is 0. The van der Waals surface area contributed by atoms with E-state index in [9.17, 15) is 0 Å². The number of fused-ring (bicyclic) bond motifs is 1. The third kappa shape index (κ3) is 1.61. The predicted molar refractivity (Wildman–Crippen MR) is 53.5 cm³/mol. The first-order valence-electron chi connectivity index (χ1n) is 4.02. The van der Waals surface area contributed by atoms with Crippen LogP contribution in [-0.2, 0) is 0 Å². The second kappa shape index (κ2) is 4.16. The van der Waals surface area contributed by atoms with Gasteiger partial charge in [-0.25, -0.2) is 9.97 Å². The molecule has 0 bridgehead atoms. The van der Waals surface area contributed by atoms with Crippen LogP contribution >= 0.6 is 11.3 Å². The fraction of sp³-hybridized carbons (Fsp3) is 0.333. The molecule has 2 nitrogen and oxygen atoms in total. The second-order valence-electron chi connectivity index (χ2n) is 2.16. The van der Waals surface area contributed by atoms with Crippen molar-refractivity contribution in [3.63, 3.8) is 0 Å². The van der Waals surface area contributed by atoms with Gasteiger partial charge in [0, 0.05) is 11.6 Å². The first-order chi connectivity index (χ1) is 5.88. The van der Waals surface area contributed by atoms with Gasteiger partial charge in [0.05, 0.1) is 0 Å². The van der Waals surface area contributed by atoms with Crippen molar-refractivity contribution in [3.8, 4) is 0 Å². The molecule has 0 atom stereocenters. The molecule has 0 aliphatic heterocycles. The summed E-state index contributed by atoms with van der Waals surface area (Å²) in [5.41, 5.74) is 1.26. The van der Waals surface area contributed by atoms with Crippen LogP contribution < -0.4 is 0 Å². The largest absolute Gasteiger partial charge is 0.244 e. The zero-order valence-electron chi connectivity index (χ0n) is 7.53. The lowest BCUT2D eigenvalue weighted by molar-refractivity contribution is 1.23. The van der Waals surface area contributed by atoms with Crippen LogP contribution in [0.15, 0.2) is 17.9 Å². The summed E-state index contributed by atoms with van der Waals surface area (Å²) >= 11 is 1.66. The van der Waals surface area contributed by atoms with Crippen LogP contribution in [0.3, 0.4) is 0 Å². The molecule has 12 heavy (non-hydrogen) atoms. The Hall–Kier alpha value is -0.960. The molecule has 0 amide bonds. The Balaban J connectivity index is 0.000000336. The lowest BCUT2D eigenvalue weighted by Gasteiger charge is -1.85. The van der Waals surface area contributed by atoms with Crippen LogP contribution in [-0.4, -0.2) is 9.97 Å². The Labute approximate surface area is 76.3 Å². The van der Waals surface area contributed by atoms with E-state index in [0.717, 1.165) is 4.83 Å². The molecule has 2 aromatic heterocycles. The van der Waals surface area contributed by atoms with Crippen LogP contribution in [0.5, 0.6) is 0 Å². The molecule has 2 rings (SSSR count). The average Bonchev–Trinajstić information content (AvgIpc) is 2.53. The van der Waals surface area contributed by atoms with Crippen LogP contribution in [0.4, 0.5) is 0 Å². The minimum absolute atomic E-state index is 1.08. The zero-order chi connectivity index (χ0) is 8.97. The molecule has 0 saturated heterocycles. The Kier molecular flexibility index (Phi) is 3.17. The van der Waals surface area contributed by atoms with Crippen LogP contribution in [0.2, 0.25) is 0 Å². The molecular weight excluding hydrogens is 168 g/mol. The Morgan fingerprint density at radius 1 is 1.33 bits per heavy atom. The molecule has 0 aromatic carbocycles. The quantitative estimate of drug-likeness (QED) is 0.622. The Morgan fingerprint density at radius 3 is 2.75 bits per heavy atom. The van der Waals surface area contributed by atoms with Gasteiger partial charge in [-0.2, -0.15) is 0 Å². The second-order valence-corrected chi connectivity index (χ2v) is 3.02. The highest BCUT2D eigenvalue weighted by Gasteiger charge is 1.97. The number of aryl methyl sites for hydroxylation is 1. The minimum Gasteiger partial charge on any atom is -0.244 e. The summed E-state index contributed by atoms with van der Waals surface area (Å²) in [4.78, 5) is 9.13. The molecule has 0 saturated carbocycles. The SMILES string of the molecule is CC.Cc1csc2ncncc12. The van der Waals surface area contributed by atoms with Crippen molar-refractivity contribution in [3.05, 3.63) is 23.5 Å². The van der Waals surface area contributed by atoms with E-state index in [1.807, 2.05) is 20.0 Å². The van der Waals surface area contributed by atoms with Crippen molar-refractivity contribution in [2.45, 2.75) is 20.8 Å². The van der Waals surface area contributed by atoms with Crippen molar-refractivity contribution in [1.82, 2.24) is 9.97 Å². The first kappa shape index (κ1) is 9.13. The molecule has 0 N–H and O–H groups in total. The van der Waals surface area contributed by atoms with Gasteiger partial charge in [-0.05, 0) is 17.9 Å². The van der Waals surface area contributed by atoms with E-state index in [-0.39, 0.29) is 0 Å². The summed E-state index contributed by atoms with van der Waals surface area (Å²) in [7, 11) is 0. The third-order valence-electron chi connectivity index (χ3n) is 1.45. The normalized spacial score (nSPS) is 9.25. The molecule has 64 valence electrons. The highest BCUT2D eigenvalue weighted by atomic mass is 32.1. The van der Waals surface area contributed by atoms with Gasteiger partial charge in [0.15, 0.2) is 0 Å². The van der Waals surface area contributed by atoms with Crippen molar-refractivity contribution < 1.29 is 0 Å². The van der Waals surface area contributed by atoms with E-state index in [2.05, 4.69) is 22.3 Å². The number of aromatic nitrogens is 2. The molecular formula is C9H12N2S. The van der Waals surface area contributed by atoms with Gasteiger partial charge in [0.1, 0.15) is 11.2 Å². The molecule has 2 heterocycles. The van der Waals surface area contributed by atoms with Crippen LogP contribution in [0.1, 0.15) is 19.4 Å². The minimum atomic E-state index is 1.08. The summed E-state index contributed by atoms with van der Waals surface area (Å²) in [6.45, 7) is 6.07. The average molecular weight is 180 g/mol. The molecule has 0 aliphatic carbocycles. The number of rotatable bonds is 0. The summed E-state index contributed by atoms with van der Waals surface area (Å²) in [5.74, 6) is 0. The maximum Gasteiger partial charge on any atom is 0.126 e. The van der Waals surface area contributed by atoms with E-state index < -0.39 is 0 Å². The van der Waals surface area contributed by atoms with Gasteiger partial charge in [-0.15, -0.1) is 11.3 Å². The molecule has 2 aromatic rings. The molecule has 3 heteroatoms. The molecule has 0 fully saturated rings. The monoisotopic (exact) mass is 180 g/mol.